The van der Waals surface area contributed by atoms with Gasteiger partial charge in [0.2, 0.25) is 11.7 Å². The van der Waals surface area contributed by atoms with Crippen LogP contribution in [0.15, 0.2) is 64.1 Å². The fraction of sp³-hybridized carbons (Fsp3) is 0.250. The van der Waals surface area contributed by atoms with Gasteiger partial charge in [0.25, 0.3) is 0 Å². The molecule has 1 heterocycles. The molecule has 0 aliphatic rings. The number of halogens is 1. The number of rotatable bonds is 7. The molecule has 0 amide bonds. The normalized spacial score (nSPS) is 11.4. The van der Waals surface area contributed by atoms with Crippen molar-refractivity contribution in [3.8, 4) is 11.4 Å². The first kappa shape index (κ1) is 18.9. The molecule has 2 aromatic carbocycles. The van der Waals surface area contributed by atoms with Crippen LogP contribution < -0.4 is 10.6 Å². The molecule has 140 valence electrons. The van der Waals surface area contributed by atoms with Crippen molar-refractivity contribution in [2.45, 2.75) is 19.4 Å². The number of aromatic nitrogens is 2. The Morgan fingerprint density at radius 1 is 1.11 bits per heavy atom. The van der Waals surface area contributed by atoms with Crippen molar-refractivity contribution < 1.29 is 4.52 Å². The Hall–Kier alpha value is -2.86. The third-order valence-corrected chi connectivity index (χ3v) is 4.19. The first-order chi connectivity index (χ1) is 13.2. The van der Waals surface area contributed by atoms with Crippen molar-refractivity contribution >= 4 is 17.6 Å². The van der Waals surface area contributed by atoms with E-state index in [9.17, 15) is 0 Å². The third-order valence-electron chi connectivity index (χ3n) is 3.96. The van der Waals surface area contributed by atoms with Crippen LogP contribution in [0.2, 0.25) is 5.02 Å². The predicted molar refractivity (Wildman–Crippen MR) is 108 cm³/mol. The topological polar surface area (TPSA) is 75.3 Å². The van der Waals surface area contributed by atoms with Gasteiger partial charge in [0.1, 0.15) is 0 Å². The molecule has 2 N–H and O–H groups in total. The molecule has 0 atom stereocenters. The molecule has 0 radical (unpaired) electrons. The monoisotopic (exact) mass is 383 g/mol. The summed E-state index contributed by atoms with van der Waals surface area (Å²) >= 11 is 6.00. The molecule has 0 unspecified atom stereocenters. The van der Waals surface area contributed by atoms with E-state index in [4.69, 9.17) is 16.1 Å². The van der Waals surface area contributed by atoms with Gasteiger partial charge >= 0.3 is 0 Å². The number of hydrogen-bond acceptors (Lipinski definition) is 4. The first-order valence-corrected chi connectivity index (χ1v) is 9.19. The molecule has 7 heteroatoms. The zero-order valence-electron chi connectivity index (χ0n) is 15.2. The number of benzene rings is 2. The third kappa shape index (κ3) is 5.82. The van der Waals surface area contributed by atoms with Gasteiger partial charge in [-0.1, -0.05) is 59.2 Å². The van der Waals surface area contributed by atoms with Gasteiger partial charge in [0.15, 0.2) is 5.96 Å². The molecule has 27 heavy (non-hydrogen) atoms. The van der Waals surface area contributed by atoms with E-state index < -0.39 is 0 Å². The summed E-state index contributed by atoms with van der Waals surface area (Å²) in [6.45, 7) is 1.22. The minimum Gasteiger partial charge on any atom is -0.356 e. The lowest BCUT2D eigenvalue weighted by Crippen LogP contribution is -2.37. The Labute approximate surface area is 163 Å². The van der Waals surface area contributed by atoms with Gasteiger partial charge in [0.05, 0.1) is 6.54 Å². The Kier molecular flexibility index (Phi) is 6.82. The van der Waals surface area contributed by atoms with Crippen LogP contribution >= 0.6 is 11.6 Å². The number of nitrogens with one attached hydrogen (secondary N) is 2. The molecule has 3 aromatic rings. The molecule has 0 aliphatic heterocycles. The summed E-state index contributed by atoms with van der Waals surface area (Å²) < 4.78 is 5.29. The van der Waals surface area contributed by atoms with Gasteiger partial charge < -0.3 is 15.2 Å². The Morgan fingerprint density at radius 3 is 2.74 bits per heavy atom. The molecule has 3 rings (SSSR count). The highest BCUT2D eigenvalue weighted by Crippen LogP contribution is 2.19. The van der Waals surface area contributed by atoms with Gasteiger partial charge in [-0.3, -0.25) is 4.99 Å². The molecule has 0 saturated carbocycles. The van der Waals surface area contributed by atoms with Gasteiger partial charge in [-0.2, -0.15) is 4.98 Å². The van der Waals surface area contributed by atoms with E-state index in [1.165, 1.54) is 5.56 Å². The van der Waals surface area contributed by atoms with Crippen molar-refractivity contribution in [3.63, 3.8) is 0 Å². The number of guanidine groups is 1. The Morgan fingerprint density at radius 2 is 1.96 bits per heavy atom. The molecule has 1 aromatic heterocycles. The zero-order chi connectivity index (χ0) is 18.9. The zero-order valence-corrected chi connectivity index (χ0v) is 15.9. The summed E-state index contributed by atoms with van der Waals surface area (Å²) in [5, 5.41) is 11.1. The molecule has 0 spiro atoms. The van der Waals surface area contributed by atoms with Crippen molar-refractivity contribution in [2.24, 2.45) is 4.99 Å². The maximum absolute atomic E-state index is 6.00. The van der Waals surface area contributed by atoms with Crippen molar-refractivity contribution in [3.05, 3.63) is 71.1 Å². The number of hydrogen-bond donors (Lipinski definition) is 2. The van der Waals surface area contributed by atoms with E-state index in [1.807, 2.05) is 18.2 Å². The number of nitrogens with zero attached hydrogens (tertiary/aromatic N) is 3. The van der Waals surface area contributed by atoms with Crippen LogP contribution in [-0.4, -0.2) is 29.7 Å². The minimum absolute atomic E-state index is 0.395. The summed E-state index contributed by atoms with van der Waals surface area (Å²) in [7, 11) is 1.73. The van der Waals surface area contributed by atoms with Crippen LogP contribution in [0.4, 0.5) is 0 Å². The second-order valence-corrected chi connectivity index (χ2v) is 6.40. The lowest BCUT2D eigenvalue weighted by Gasteiger charge is -2.10. The van der Waals surface area contributed by atoms with Crippen LogP contribution in [-0.2, 0) is 13.0 Å². The second-order valence-electron chi connectivity index (χ2n) is 5.96. The molecular formula is C20H22ClN5O. The maximum Gasteiger partial charge on any atom is 0.246 e. The molecular weight excluding hydrogens is 362 g/mol. The largest absolute Gasteiger partial charge is 0.356 e. The van der Waals surface area contributed by atoms with Crippen LogP contribution in [0.25, 0.3) is 11.4 Å². The van der Waals surface area contributed by atoms with Crippen LogP contribution in [0, 0.1) is 0 Å². The molecule has 0 bridgehead atoms. The molecule has 0 aliphatic carbocycles. The molecule has 0 fully saturated rings. The van der Waals surface area contributed by atoms with Crippen molar-refractivity contribution in [2.75, 3.05) is 13.6 Å². The van der Waals surface area contributed by atoms with Gasteiger partial charge in [0, 0.05) is 24.2 Å². The lowest BCUT2D eigenvalue weighted by atomic mass is 10.1. The van der Waals surface area contributed by atoms with E-state index in [1.54, 1.807) is 19.2 Å². The SMILES string of the molecule is CN=C(NCCCc1ccccc1)NCc1nc(-c2cccc(Cl)c2)no1. The van der Waals surface area contributed by atoms with E-state index in [-0.39, 0.29) is 0 Å². The van der Waals surface area contributed by atoms with E-state index >= 15 is 0 Å². The standard InChI is InChI=1S/C20H22ClN5O/c1-22-20(23-12-6-9-15-7-3-2-4-8-15)24-14-18-25-19(26-27-18)16-10-5-11-17(21)13-16/h2-5,7-8,10-11,13H,6,9,12,14H2,1H3,(H2,22,23,24). The summed E-state index contributed by atoms with van der Waals surface area (Å²) in [5.74, 6) is 1.70. The highest BCUT2D eigenvalue weighted by molar-refractivity contribution is 6.30. The highest BCUT2D eigenvalue weighted by Gasteiger charge is 2.09. The molecule has 0 saturated heterocycles. The van der Waals surface area contributed by atoms with E-state index in [0.717, 1.165) is 24.9 Å². The summed E-state index contributed by atoms with van der Waals surface area (Å²) in [6.07, 6.45) is 2.04. The van der Waals surface area contributed by atoms with Gasteiger partial charge in [-0.15, -0.1) is 0 Å². The maximum atomic E-state index is 6.00. The average Bonchev–Trinajstić information content (AvgIpc) is 3.17. The summed E-state index contributed by atoms with van der Waals surface area (Å²) in [4.78, 5) is 8.59. The fourth-order valence-corrected chi connectivity index (χ4v) is 2.79. The smallest absolute Gasteiger partial charge is 0.246 e. The average molecular weight is 384 g/mol. The number of aryl methyl sites for hydroxylation is 1. The number of aliphatic imine (C=N–C) groups is 1. The van der Waals surface area contributed by atoms with Crippen LogP contribution in [0.3, 0.4) is 0 Å². The second kappa shape index (κ2) is 9.73. The fourth-order valence-electron chi connectivity index (χ4n) is 2.60. The first-order valence-electron chi connectivity index (χ1n) is 8.81. The Bertz CT molecular complexity index is 879. The highest BCUT2D eigenvalue weighted by atomic mass is 35.5. The van der Waals surface area contributed by atoms with Crippen LogP contribution in [0.1, 0.15) is 17.9 Å². The summed E-state index contributed by atoms with van der Waals surface area (Å²) in [6, 6.07) is 17.8. The van der Waals surface area contributed by atoms with Gasteiger partial charge in [-0.05, 0) is 30.5 Å². The quantitative estimate of drug-likeness (QED) is 0.369. The van der Waals surface area contributed by atoms with Gasteiger partial charge in [-0.25, -0.2) is 0 Å². The van der Waals surface area contributed by atoms with Crippen LogP contribution in [0.5, 0.6) is 0 Å². The summed E-state index contributed by atoms with van der Waals surface area (Å²) in [5.41, 5.74) is 2.16. The van der Waals surface area contributed by atoms with Crippen molar-refractivity contribution in [1.29, 1.82) is 0 Å². The lowest BCUT2D eigenvalue weighted by molar-refractivity contribution is 0.375. The molecule has 6 nitrogen and oxygen atoms in total. The van der Waals surface area contributed by atoms with Crippen molar-refractivity contribution in [1.82, 2.24) is 20.8 Å². The minimum atomic E-state index is 0.395. The van der Waals surface area contributed by atoms with E-state index in [2.05, 4.69) is 50.0 Å². The van der Waals surface area contributed by atoms with E-state index in [0.29, 0.717) is 29.2 Å². The Balaban J connectivity index is 1.44. The predicted octanol–water partition coefficient (Wildman–Crippen LogP) is 3.69.